The predicted octanol–water partition coefficient (Wildman–Crippen LogP) is 5.96. The van der Waals surface area contributed by atoms with Crippen LogP contribution in [0.15, 0.2) is 66.7 Å². The van der Waals surface area contributed by atoms with Gasteiger partial charge in [0.15, 0.2) is 0 Å². The van der Waals surface area contributed by atoms with Crippen molar-refractivity contribution in [1.29, 1.82) is 0 Å². The molecule has 0 saturated carbocycles. The number of anilines is 1. The van der Waals surface area contributed by atoms with Crippen molar-refractivity contribution in [2.24, 2.45) is 5.92 Å². The summed E-state index contributed by atoms with van der Waals surface area (Å²) >= 11 is 6.27. The highest BCUT2D eigenvalue weighted by Gasteiger charge is 2.48. The van der Waals surface area contributed by atoms with Crippen molar-refractivity contribution in [2.45, 2.75) is 38.1 Å². The molecule has 1 saturated heterocycles. The molecule has 210 valence electrons. The number of nitrogens with zero attached hydrogens (tertiary/aromatic N) is 2. The predicted molar refractivity (Wildman–Crippen MR) is 156 cm³/mol. The Bertz CT molecular complexity index is 1360. The minimum absolute atomic E-state index is 0.0821. The van der Waals surface area contributed by atoms with Crippen LogP contribution in [0.4, 0.5) is 5.69 Å². The van der Waals surface area contributed by atoms with Crippen LogP contribution in [0.1, 0.15) is 48.4 Å². The van der Waals surface area contributed by atoms with E-state index in [1.54, 1.807) is 24.1 Å². The number of carboxylic acid groups (broad SMARTS) is 1. The van der Waals surface area contributed by atoms with E-state index in [1.807, 2.05) is 53.4 Å². The second-order valence-corrected chi connectivity index (χ2v) is 10.9. The summed E-state index contributed by atoms with van der Waals surface area (Å²) in [6.07, 6.45) is 2.59. The molecule has 0 bridgehead atoms. The topological polar surface area (TPSA) is 79.3 Å². The molecule has 2 aliphatic heterocycles. The fraction of sp³-hybridized carbons (Fsp3) is 0.375. The Kier molecular flexibility index (Phi) is 8.62. The number of carboxylic acids is 1. The monoisotopic (exact) mass is 562 g/mol. The van der Waals surface area contributed by atoms with E-state index in [-0.39, 0.29) is 18.4 Å². The van der Waals surface area contributed by atoms with Crippen LogP contribution in [0.2, 0.25) is 5.02 Å². The zero-order valence-electron chi connectivity index (χ0n) is 22.9. The molecule has 1 N–H and O–H groups in total. The van der Waals surface area contributed by atoms with Gasteiger partial charge in [0.25, 0.3) is 0 Å². The average Bonchev–Trinajstić information content (AvgIpc) is 3.58. The highest BCUT2D eigenvalue weighted by Crippen LogP contribution is 2.47. The molecule has 3 unspecified atom stereocenters. The summed E-state index contributed by atoms with van der Waals surface area (Å²) in [5, 5.41) is 11.1. The van der Waals surface area contributed by atoms with Gasteiger partial charge in [-0.3, -0.25) is 14.5 Å². The van der Waals surface area contributed by atoms with Gasteiger partial charge < -0.3 is 19.5 Å². The number of carbonyl (C=O) groups excluding carboxylic acids is 1. The molecule has 1 fully saturated rings. The number of halogens is 1. The number of ether oxygens (including phenoxy) is 2. The summed E-state index contributed by atoms with van der Waals surface area (Å²) in [7, 11) is 1.60. The standard InChI is InChI=1S/C32H35ClN2O5/c1-3-4-15-35(25-7-5-6-24(33)18-25)29(36)20-34-19-27(22-10-13-28-23(17-22)14-16-40-28)30(32(37)38)31(34)21-8-11-26(39-2)12-9-21/h5-13,17-18,27,30-31H,3-4,14-16,19-20H2,1-2H3,(H,37,38). The van der Waals surface area contributed by atoms with Crippen molar-refractivity contribution in [1.82, 2.24) is 4.90 Å². The van der Waals surface area contributed by atoms with Gasteiger partial charge in [-0.15, -0.1) is 0 Å². The summed E-state index contributed by atoms with van der Waals surface area (Å²) in [6, 6.07) is 20.3. The van der Waals surface area contributed by atoms with Crippen LogP contribution in [0.25, 0.3) is 0 Å². The first-order valence-electron chi connectivity index (χ1n) is 13.8. The molecule has 2 heterocycles. The van der Waals surface area contributed by atoms with Crippen molar-refractivity contribution in [3.05, 3.63) is 88.4 Å². The second kappa shape index (κ2) is 12.3. The number of unbranched alkanes of at least 4 members (excludes halogenated alkanes) is 1. The smallest absolute Gasteiger partial charge is 0.309 e. The van der Waals surface area contributed by atoms with E-state index in [0.29, 0.717) is 30.5 Å². The number of benzene rings is 3. The number of likely N-dealkylation sites (tertiary alicyclic amines) is 1. The van der Waals surface area contributed by atoms with Gasteiger partial charge in [0, 0.05) is 42.2 Å². The van der Waals surface area contributed by atoms with Crippen LogP contribution < -0.4 is 14.4 Å². The third kappa shape index (κ3) is 5.81. The van der Waals surface area contributed by atoms with Crippen molar-refractivity contribution < 1.29 is 24.2 Å². The van der Waals surface area contributed by atoms with Crippen molar-refractivity contribution in [2.75, 3.05) is 38.3 Å². The van der Waals surface area contributed by atoms with Crippen LogP contribution in [-0.4, -0.2) is 55.2 Å². The summed E-state index contributed by atoms with van der Waals surface area (Å²) in [5.41, 5.74) is 3.65. The first kappa shape index (κ1) is 28.0. The van der Waals surface area contributed by atoms with Crippen molar-refractivity contribution in [3.8, 4) is 11.5 Å². The van der Waals surface area contributed by atoms with E-state index in [0.717, 1.165) is 47.4 Å². The largest absolute Gasteiger partial charge is 0.497 e. The molecular weight excluding hydrogens is 528 g/mol. The summed E-state index contributed by atoms with van der Waals surface area (Å²) in [5.74, 6) is -0.439. The molecule has 8 heteroatoms. The number of hydrogen-bond donors (Lipinski definition) is 1. The molecular formula is C32H35ClN2O5. The SMILES string of the molecule is CCCCN(C(=O)CN1CC(c2ccc3c(c2)CCO3)C(C(=O)O)C1c1ccc(OC)cc1)c1cccc(Cl)c1. The lowest BCUT2D eigenvalue weighted by molar-refractivity contribution is -0.143. The third-order valence-electron chi connectivity index (χ3n) is 7.98. The number of hydrogen-bond acceptors (Lipinski definition) is 5. The molecule has 3 aromatic rings. The van der Waals surface area contributed by atoms with Gasteiger partial charge in [-0.1, -0.05) is 55.3 Å². The molecule has 40 heavy (non-hydrogen) atoms. The molecule has 0 radical (unpaired) electrons. The molecule has 0 aliphatic carbocycles. The van der Waals surface area contributed by atoms with Crippen molar-refractivity contribution >= 4 is 29.2 Å². The van der Waals surface area contributed by atoms with E-state index in [4.69, 9.17) is 21.1 Å². The van der Waals surface area contributed by atoms with Gasteiger partial charge in [-0.05, 0) is 59.5 Å². The van der Waals surface area contributed by atoms with Gasteiger partial charge >= 0.3 is 5.97 Å². The maximum atomic E-state index is 13.9. The lowest BCUT2D eigenvalue weighted by Crippen LogP contribution is -2.41. The lowest BCUT2D eigenvalue weighted by Gasteiger charge is -2.30. The van der Waals surface area contributed by atoms with Crippen molar-refractivity contribution in [3.63, 3.8) is 0 Å². The Labute approximate surface area is 240 Å². The number of amides is 1. The Balaban J connectivity index is 1.51. The Morgan fingerprint density at radius 1 is 1.10 bits per heavy atom. The molecule has 7 nitrogen and oxygen atoms in total. The molecule has 3 aromatic carbocycles. The van der Waals surface area contributed by atoms with E-state index in [1.165, 1.54) is 0 Å². The van der Waals surface area contributed by atoms with Gasteiger partial charge in [0.2, 0.25) is 5.91 Å². The lowest BCUT2D eigenvalue weighted by atomic mass is 9.82. The number of fused-ring (bicyclic) bond motifs is 1. The van der Waals surface area contributed by atoms with Gasteiger partial charge in [0.1, 0.15) is 11.5 Å². The quantitative estimate of drug-likeness (QED) is 0.328. The van der Waals surface area contributed by atoms with E-state index in [2.05, 4.69) is 13.0 Å². The Morgan fingerprint density at radius 3 is 2.58 bits per heavy atom. The van der Waals surface area contributed by atoms with Gasteiger partial charge in [-0.2, -0.15) is 0 Å². The Morgan fingerprint density at radius 2 is 1.88 bits per heavy atom. The number of aliphatic carboxylic acids is 1. The van der Waals surface area contributed by atoms with Crippen LogP contribution in [0.5, 0.6) is 11.5 Å². The van der Waals surface area contributed by atoms with E-state index in [9.17, 15) is 14.7 Å². The molecule has 0 aromatic heterocycles. The first-order valence-corrected chi connectivity index (χ1v) is 14.2. The average molecular weight is 563 g/mol. The molecule has 2 aliphatic rings. The summed E-state index contributed by atoms with van der Waals surface area (Å²) < 4.78 is 11.0. The fourth-order valence-corrected chi connectivity index (χ4v) is 6.17. The summed E-state index contributed by atoms with van der Waals surface area (Å²) in [6.45, 7) is 3.81. The highest BCUT2D eigenvalue weighted by molar-refractivity contribution is 6.30. The minimum atomic E-state index is -0.879. The molecule has 1 amide bonds. The summed E-state index contributed by atoms with van der Waals surface area (Å²) in [4.78, 5) is 30.6. The third-order valence-corrected chi connectivity index (χ3v) is 8.21. The van der Waals surface area contributed by atoms with Gasteiger partial charge in [-0.25, -0.2) is 0 Å². The second-order valence-electron chi connectivity index (χ2n) is 10.5. The normalized spacial score (nSPS) is 20.1. The highest BCUT2D eigenvalue weighted by atomic mass is 35.5. The number of methoxy groups -OCH3 is 1. The number of carbonyl (C=O) groups is 2. The van der Waals surface area contributed by atoms with Crippen LogP contribution in [0, 0.1) is 5.92 Å². The molecule has 3 atom stereocenters. The van der Waals surface area contributed by atoms with Gasteiger partial charge in [0.05, 0.1) is 26.2 Å². The maximum Gasteiger partial charge on any atom is 0.309 e. The van der Waals surface area contributed by atoms with E-state index >= 15 is 0 Å². The molecule has 5 rings (SSSR count). The van der Waals surface area contributed by atoms with Crippen LogP contribution in [0.3, 0.4) is 0 Å². The van der Waals surface area contributed by atoms with E-state index < -0.39 is 17.9 Å². The fourth-order valence-electron chi connectivity index (χ4n) is 5.98. The van der Waals surface area contributed by atoms with Crippen LogP contribution >= 0.6 is 11.6 Å². The number of rotatable bonds is 10. The minimum Gasteiger partial charge on any atom is -0.497 e. The maximum absolute atomic E-state index is 13.9. The first-order chi connectivity index (χ1) is 19.4. The van der Waals surface area contributed by atoms with Crippen LogP contribution in [-0.2, 0) is 16.0 Å². The zero-order valence-corrected chi connectivity index (χ0v) is 23.6. The molecule has 0 spiro atoms. The zero-order chi connectivity index (χ0) is 28.2. The Hall–Kier alpha value is -3.55.